The van der Waals surface area contributed by atoms with Crippen molar-refractivity contribution in [2.45, 2.75) is 46.0 Å². The third kappa shape index (κ3) is 10.2. The van der Waals surface area contributed by atoms with Gasteiger partial charge in [-0.1, -0.05) is 56.0 Å². The fourth-order valence-electron chi connectivity index (χ4n) is 2.87. The van der Waals surface area contributed by atoms with Crippen molar-refractivity contribution in [2.24, 2.45) is 0 Å². The molecule has 6 heteroatoms. The minimum absolute atomic E-state index is 0.0275. The number of hydrogen-bond donors (Lipinski definition) is 0. The van der Waals surface area contributed by atoms with E-state index in [4.69, 9.17) is 9.26 Å². The van der Waals surface area contributed by atoms with E-state index in [1.54, 1.807) is 0 Å². The van der Waals surface area contributed by atoms with Crippen LogP contribution >= 0.6 is 15.8 Å². The van der Waals surface area contributed by atoms with E-state index in [0.29, 0.717) is 23.6 Å². The fourth-order valence-corrected chi connectivity index (χ4v) is 5.19. The average Bonchev–Trinajstić information content (AvgIpc) is 2.80. The van der Waals surface area contributed by atoms with Gasteiger partial charge in [0.2, 0.25) is 0 Å². The van der Waals surface area contributed by atoms with E-state index >= 15 is 0 Å². The van der Waals surface area contributed by atoms with Crippen molar-refractivity contribution < 1.29 is 18.4 Å². The second-order valence-electron chi connectivity index (χ2n) is 6.84. The van der Waals surface area contributed by atoms with E-state index in [1.165, 1.54) is 0 Å². The zero-order valence-electron chi connectivity index (χ0n) is 18.7. The van der Waals surface area contributed by atoms with Crippen molar-refractivity contribution in [3.63, 3.8) is 0 Å². The Labute approximate surface area is 189 Å². The number of unbranched alkanes of at least 4 members (excludes halogenated alkanes) is 2. The monoisotopic (exact) mass is 460 g/mol. The van der Waals surface area contributed by atoms with Gasteiger partial charge < -0.3 is 9.26 Å². The van der Waals surface area contributed by atoms with Gasteiger partial charge in [0.25, 0.3) is 7.37 Å². The van der Waals surface area contributed by atoms with Crippen LogP contribution in [-0.2, 0) is 13.7 Å². The maximum absolute atomic E-state index is 13.2. The number of para-hydroxylation sites is 1. The summed E-state index contributed by atoms with van der Waals surface area (Å²) >= 11 is 0. The maximum atomic E-state index is 13.2. The Morgan fingerprint density at radius 1 is 0.871 bits per heavy atom. The van der Waals surface area contributed by atoms with Crippen LogP contribution in [0.15, 0.2) is 84.4 Å². The van der Waals surface area contributed by atoms with Gasteiger partial charge >= 0.3 is 0 Å². The summed E-state index contributed by atoms with van der Waals surface area (Å²) in [6.45, 7) is 12.7. The zero-order chi connectivity index (χ0) is 23.0. The van der Waals surface area contributed by atoms with Gasteiger partial charge in [-0.3, -0.25) is 9.13 Å². The van der Waals surface area contributed by atoms with Gasteiger partial charge in [0.1, 0.15) is 5.75 Å². The van der Waals surface area contributed by atoms with Crippen LogP contribution in [0.5, 0.6) is 5.75 Å². The number of allylic oxidation sites excluding steroid dienone is 2. The number of hydrogen-bond acceptors (Lipinski definition) is 4. The van der Waals surface area contributed by atoms with Gasteiger partial charge in [-0.25, -0.2) is 0 Å². The molecule has 0 saturated carbocycles. The predicted octanol–water partition coefficient (Wildman–Crippen LogP) is 7.98. The molecule has 0 radical (unpaired) electrons. The molecule has 0 bridgehead atoms. The second kappa shape index (κ2) is 15.8. The van der Waals surface area contributed by atoms with E-state index in [-0.39, 0.29) is 8.46 Å². The van der Waals surface area contributed by atoms with E-state index in [0.717, 1.165) is 43.4 Å². The first-order chi connectivity index (χ1) is 15.0. The molecular formula is C25H34O4P2. The summed E-state index contributed by atoms with van der Waals surface area (Å²) in [5, 5.41) is 2.10. The van der Waals surface area contributed by atoms with Crippen molar-refractivity contribution in [3.8, 4) is 5.75 Å². The summed E-state index contributed by atoms with van der Waals surface area (Å²) < 4.78 is 34.5. The van der Waals surface area contributed by atoms with Crippen LogP contribution in [0.1, 0.15) is 46.0 Å². The number of rotatable bonds is 13. The summed E-state index contributed by atoms with van der Waals surface area (Å²) in [6, 6.07) is 19.1. The SMILES string of the molecule is C=C(CCCCCC(=C)P(=O)(OCC)c1ccccc1)P=O.CCOc1ccccc1. The molecule has 0 saturated heterocycles. The normalized spacial score (nSPS) is 12.3. The van der Waals surface area contributed by atoms with Crippen molar-refractivity contribution in [1.82, 2.24) is 0 Å². The van der Waals surface area contributed by atoms with Crippen LogP contribution in [-0.4, -0.2) is 13.2 Å². The van der Waals surface area contributed by atoms with Crippen LogP contribution in [0.4, 0.5) is 0 Å². The molecule has 0 aliphatic carbocycles. The van der Waals surface area contributed by atoms with Gasteiger partial charge in [0.05, 0.1) is 13.2 Å². The molecule has 31 heavy (non-hydrogen) atoms. The molecule has 1 atom stereocenters. The third-order valence-electron chi connectivity index (χ3n) is 4.44. The van der Waals surface area contributed by atoms with Crippen LogP contribution in [0, 0.1) is 0 Å². The molecule has 0 amide bonds. The number of benzene rings is 2. The first-order valence-corrected chi connectivity index (χ1v) is 13.1. The van der Waals surface area contributed by atoms with Crippen molar-refractivity contribution in [3.05, 3.63) is 84.4 Å². The van der Waals surface area contributed by atoms with Gasteiger partial charge in [0, 0.05) is 15.9 Å². The molecule has 0 fully saturated rings. The minimum atomic E-state index is -3.00. The molecule has 0 aliphatic rings. The molecule has 0 N–H and O–H groups in total. The van der Waals surface area contributed by atoms with E-state index in [1.807, 2.05) is 74.5 Å². The van der Waals surface area contributed by atoms with Gasteiger partial charge in [-0.2, -0.15) is 0 Å². The van der Waals surface area contributed by atoms with Crippen LogP contribution in [0.2, 0.25) is 0 Å². The lowest BCUT2D eigenvalue weighted by Gasteiger charge is -2.20. The molecule has 168 valence electrons. The average molecular weight is 460 g/mol. The molecule has 0 aromatic heterocycles. The standard InChI is InChI=1S/C17H24O3P2.C8H10O/c1-4-20-22(19,17-13-9-6-10-14-17)16(3)12-8-5-7-11-15(2)21-18;1-2-9-8-6-4-3-5-7-8/h6,9-10,13-14H,2-5,7-8,11-12H2,1H3;3-7H,2H2,1H3. The molecular weight excluding hydrogens is 426 g/mol. The molecule has 2 aromatic rings. The Morgan fingerprint density at radius 2 is 1.45 bits per heavy atom. The summed E-state index contributed by atoms with van der Waals surface area (Å²) in [7, 11) is -2.97. The van der Waals surface area contributed by atoms with E-state index in [9.17, 15) is 9.13 Å². The summed E-state index contributed by atoms with van der Waals surface area (Å²) in [5.41, 5.74) is 0. The van der Waals surface area contributed by atoms with Crippen LogP contribution in [0.25, 0.3) is 0 Å². The van der Waals surface area contributed by atoms with Crippen molar-refractivity contribution >= 4 is 21.1 Å². The largest absolute Gasteiger partial charge is 0.494 e. The Bertz CT molecular complexity index is 835. The first-order valence-electron chi connectivity index (χ1n) is 10.6. The molecule has 2 aromatic carbocycles. The maximum Gasteiger partial charge on any atom is 0.256 e. The van der Waals surface area contributed by atoms with Crippen LogP contribution < -0.4 is 10.0 Å². The predicted molar refractivity (Wildman–Crippen MR) is 132 cm³/mol. The lowest BCUT2D eigenvalue weighted by atomic mass is 10.1. The highest BCUT2D eigenvalue weighted by Crippen LogP contribution is 2.54. The highest BCUT2D eigenvalue weighted by molar-refractivity contribution is 7.71. The van der Waals surface area contributed by atoms with Gasteiger partial charge in [0.15, 0.2) is 8.46 Å². The Kier molecular flexibility index (Phi) is 13.7. The highest BCUT2D eigenvalue weighted by atomic mass is 31.2. The number of ether oxygens (including phenoxy) is 1. The van der Waals surface area contributed by atoms with Crippen LogP contribution in [0.3, 0.4) is 0 Å². The quantitative estimate of drug-likeness (QED) is 0.225. The molecule has 2 rings (SSSR count). The smallest absolute Gasteiger partial charge is 0.256 e. The van der Waals surface area contributed by atoms with Crippen molar-refractivity contribution in [2.75, 3.05) is 13.2 Å². The van der Waals surface area contributed by atoms with E-state index in [2.05, 4.69) is 13.2 Å². The zero-order valence-corrected chi connectivity index (χ0v) is 20.5. The summed E-state index contributed by atoms with van der Waals surface area (Å²) in [6.07, 6.45) is 4.24. The Morgan fingerprint density at radius 3 is 2.00 bits per heavy atom. The molecule has 0 heterocycles. The Hall–Kier alpha value is -1.99. The minimum Gasteiger partial charge on any atom is -0.494 e. The lowest BCUT2D eigenvalue weighted by Crippen LogP contribution is -2.09. The second-order valence-corrected chi connectivity index (χ2v) is 10.2. The third-order valence-corrected chi connectivity index (χ3v) is 7.58. The summed E-state index contributed by atoms with van der Waals surface area (Å²) in [4.78, 5) is 0. The topological polar surface area (TPSA) is 52.6 Å². The van der Waals surface area contributed by atoms with E-state index < -0.39 is 7.37 Å². The molecule has 0 spiro atoms. The van der Waals surface area contributed by atoms with Gasteiger partial charge in [-0.05, 0) is 63.8 Å². The summed E-state index contributed by atoms with van der Waals surface area (Å²) in [5.74, 6) is 0.944. The molecule has 1 unspecified atom stereocenters. The Balaban J connectivity index is 0.000000442. The van der Waals surface area contributed by atoms with Gasteiger partial charge in [-0.15, -0.1) is 0 Å². The molecule has 4 nitrogen and oxygen atoms in total. The fraction of sp³-hybridized carbons (Fsp3) is 0.360. The molecule has 0 aliphatic heterocycles. The van der Waals surface area contributed by atoms with Crippen molar-refractivity contribution in [1.29, 1.82) is 0 Å². The lowest BCUT2D eigenvalue weighted by molar-refractivity contribution is 0.340. The first kappa shape index (κ1) is 27.0. The highest BCUT2D eigenvalue weighted by Gasteiger charge is 2.28.